The third kappa shape index (κ3) is 5.14. The second kappa shape index (κ2) is 8.39. The molecule has 0 fully saturated rings. The zero-order valence-electron chi connectivity index (χ0n) is 13.1. The van der Waals surface area contributed by atoms with Crippen LogP contribution in [-0.2, 0) is 9.59 Å². The van der Waals surface area contributed by atoms with E-state index in [0.29, 0.717) is 12.3 Å². The van der Waals surface area contributed by atoms with Gasteiger partial charge in [0.25, 0.3) is 0 Å². The molecule has 23 heavy (non-hydrogen) atoms. The van der Waals surface area contributed by atoms with E-state index < -0.39 is 5.91 Å². The highest BCUT2D eigenvalue weighted by Gasteiger charge is 2.16. The van der Waals surface area contributed by atoms with Gasteiger partial charge in [0, 0.05) is 23.5 Å². The first kappa shape index (κ1) is 17.1. The van der Waals surface area contributed by atoms with E-state index in [2.05, 4.69) is 0 Å². The summed E-state index contributed by atoms with van der Waals surface area (Å²) in [7, 11) is 0. The van der Waals surface area contributed by atoms with Gasteiger partial charge < -0.3 is 10.6 Å². The number of nitrogens with zero attached hydrogens (tertiary/aromatic N) is 1. The first-order valence-corrected chi connectivity index (χ1v) is 8.38. The quantitative estimate of drug-likeness (QED) is 0.795. The topological polar surface area (TPSA) is 63.4 Å². The van der Waals surface area contributed by atoms with E-state index in [1.54, 1.807) is 4.90 Å². The Morgan fingerprint density at radius 2 is 1.70 bits per heavy atom. The highest BCUT2D eigenvalue weighted by molar-refractivity contribution is 8.00. The fourth-order valence-corrected chi connectivity index (χ4v) is 3.07. The molecule has 0 unspecified atom stereocenters. The molecule has 5 heteroatoms. The van der Waals surface area contributed by atoms with Gasteiger partial charge in [0.05, 0.1) is 5.75 Å². The van der Waals surface area contributed by atoms with Crippen molar-refractivity contribution in [3.05, 3.63) is 60.2 Å². The number of para-hydroxylation sites is 1. The molecule has 2 N–H and O–H groups in total. The van der Waals surface area contributed by atoms with Crippen molar-refractivity contribution in [2.24, 2.45) is 5.73 Å². The smallest absolute Gasteiger partial charge is 0.237 e. The van der Waals surface area contributed by atoms with Crippen molar-refractivity contribution in [2.75, 3.05) is 17.2 Å². The Labute approximate surface area is 140 Å². The van der Waals surface area contributed by atoms with Gasteiger partial charge in [-0.2, -0.15) is 0 Å². The minimum Gasteiger partial charge on any atom is -0.370 e. The average Bonchev–Trinajstić information content (AvgIpc) is 2.55. The van der Waals surface area contributed by atoms with Crippen LogP contribution in [0.4, 0.5) is 5.69 Å². The van der Waals surface area contributed by atoms with E-state index in [0.717, 1.165) is 16.1 Å². The summed E-state index contributed by atoms with van der Waals surface area (Å²) in [5.41, 5.74) is 7.15. The third-order valence-corrected chi connectivity index (χ3v) is 4.56. The molecule has 2 aromatic rings. The molecule has 0 aliphatic heterocycles. The maximum Gasteiger partial charge on any atom is 0.237 e. The molecule has 0 aromatic heterocycles. The molecule has 0 saturated carbocycles. The molecule has 0 saturated heterocycles. The second-order valence-electron chi connectivity index (χ2n) is 5.15. The molecule has 0 aliphatic carbocycles. The van der Waals surface area contributed by atoms with Crippen LogP contribution in [-0.4, -0.2) is 24.1 Å². The molecule has 4 nitrogen and oxygen atoms in total. The largest absolute Gasteiger partial charge is 0.370 e. The van der Waals surface area contributed by atoms with Crippen molar-refractivity contribution in [3.8, 4) is 0 Å². The van der Waals surface area contributed by atoms with Crippen molar-refractivity contribution < 1.29 is 9.59 Å². The van der Waals surface area contributed by atoms with Gasteiger partial charge in [-0.15, -0.1) is 11.8 Å². The van der Waals surface area contributed by atoms with Crippen molar-refractivity contribution in [2.45, 2.75) is 18.2 Å². The van der Waals surface area contributed by atoms with Crippen LogP contribution in [0.3, 0.4) is 0 Å². The molecule has 2 aromatic carbocycles. The van der Waals surface area contributed by atoms with Crippen molar-refractivity contribution in [1.29, 1.82) is 0 Å². The fourth-order valence-electron chi connectivity index (χ4n) is 2.16. The van der Waals surface area contributed by atoms with Crippen LogP contribution in [0.1, 0.15) is 12.0 Å². The highest BCUT2D eigenvalue weighted by Crippen LogP contribution is 2.23. The fraction of sp³-hybridized carbons (Fsp3) is 0.222. The van der Waals surface area contributed by atoms with Gasteiger partial charge in [0.1, 0.15) is 0 Å². The molecular weight excluding hydrogens is 308 g/mol. The number of rotatable bonds is 7. The van der Waals surface area contributed by atoms with Crippen molar-refractivity contribution >= 4 is 29.3 Å². The van der Waals surface area contributed by atoms with E-state index in [-0.39, 0.29) is 12.3 Å². The third-order valence-electron chi connectivity index (χ3n) is 3.40. The maximum atomic E-state index is 12.6. The lowest BCUT2D eigenvalue weighted by Crippen LogP contribution is -2.35. The SMILES string of the molecule is Cc1ccccc1SCC(=O)N(CCC(N)=O)c1ccccc1. The van der Waals surface area contributed by atoms with Crippen LogP contribution in [0.15, 0.2) is 59.5 Å². The molecule has 120 valence electrons. The van der Waals surface area contributed by atoms with Crippen LogP contribution in [0.2, 0.25) is 0 Å². The standard InChI is InChI=1S/C18H20N2O2S/c1-14-7-5-6-10-16(14)23-13-18(22)20(12-11-17(19)21)15-8-3-2-4-9-15/h2-10H,11-13H2,1H3,(H2,19,21). The van der Waals surface area contributed by atoms with Gasteiger partial charge in [-0.1, -0.05) is 36.4 Å². The van der Waals surface area contributed by atoms with Gasteiger partial charge in [-0.3, -0.25) is 9.59 Å². The summed E-state index contributed by atoms with van der Waals surface area (Å²) in [5.74, 6) is -0.130. The highest BCUT2D eigenvalue weighted by atomic mass is 32.2. The van der Waals surface area contributed by atoms with Crippen molar-refractivity contribution in [1.82, 2.24) is 0 Å². The normalized spacial score (nSPS) is 10.3. The number of nitrogens with two attached hydrogens (primary N) is 1. The Morgan fingerprint density at radius 3 is 2.35 bits per heavy atom. The van der Waals surface area contributed by atoms with Gasteiger partial charge >= 0.3 is 0 Å². The molecule has 0 radical (unpaired) electrons. The van der Waals surface area contributed by atoms with Gasteiger partial charge in [-0.25, -0.2) is 0 Å². The summed E-state index contributed by atoms with van der Waals surface area (Å²) < 4.78 is 0. The summed E-state index contributed by atoms with van der Waals surface area (Å²) in [6.07, 6.45) is 0.148. The molecule has 2 rings (SSSR count). The summed E-state index contributed by atoms with van der Waals surface area (Å²) >= 11 is 1.51. The summed E-state index contributed by atoms with van der Waals surface area (Å²) in [5, 5.41) is 0. The van der Waals surface area contributed by atoms with E-state index in [4.69, 9.17) is 5.73 Å². The number of hydrogen-bond donors (Lipinski definition) is 1. The van der Waals surface area contributed by atoms with Crippen molar-refractivity contribution in [3.63, 3.8) is 0 Å². The maximum absolute atomic E-state index is 12.6. The predicted octanol–water partition coefficient (Wildman–Crippen LogP) is 3.00. The number of hydrogen-bond acceptors (Lipinski definition) is 3. The van der Waals surface area contributed by atoms with Crippen LogP contribution >= 0.6 is 11.8 Å². The number of amides is 2. The summed E-state index contributed by atoms with van der Waals surface area (Å²) in [6.45, 7) is 2.32. The first-order chi connectivity index (χ1) is 11.1. The first-order valence-electron chi connectivity index (χ1n) is 7.40. The minimum absolute atomic E-state index is 0.0364. The molecule has 0 atom stereocenters. The van der Waals surface area contributed by atoms with Gasteiger partial charge in [0.2, 0.25) is 11.8 Å². The molecule has 0 heterocycles. The van der Waals surface area contributed by atoms with Gasteiger partial charge in [0.15, 0.2) is 0 Å². The second-order valence-corrected chi connectivity index (χ2v) is 6.17. The van der Waals surface area contributed by atoms with E-state index >= 15 is 0 Å². The Bertz CT molecular complexity index is 674. The minimum atomic E-state index is -0.412. The lowest BCUT2D eigenvalue weighted by Gasteiger charge is -2.22. The Hall–Kier alpha value is -2.27. The van der Waals surface area contributed by atoms with E-state index in [1.807, 2.05) is 61.5 Å². The molecule has 0 bridgehead atoms. The monoisotopic (exact) mass is 328 g/mol. The summed E-state index contributed by atoms with van der Waals surface area (Å²) in [4.78, 5) is 26.4. The van der Waals surface area contributed by atoms with Crippen LogP contribution in [0.5, 0.6) is 0 Å². The van der Waals surface area contributed by atoms with Crippen LogP contribution in [0, 0.1) is 6.92 Å². The summed E-state index contributed by atoms with van der Waals surface area (Å²) in [6, 6.07) is 17.3. The predicted molar refractivity (Wildman–Crippen MR) is 94.5 cm³/mol. The Morgan fingerprint density at radius 1 is 1.04 bits per heavy atom. The average molecular weight is 328 g/mol. The van der Waals surface area contributed by atoms with Gasteiger partial charge in [-0.05, 0) is 30.7 Å². The number of benzene rings is 2. The Balaban J connectivity index is 2.07. The number of carbonyl (C=O) groups excluding carboxylic acids is 2. The lowest BCUT2D eigenvalue weighted by atomic mass is 10.2. The lowest BCUT2D eigenvalue weighted by molar-refractivity contribution is -0.118. The number of primary amides is 1. The number of carbonyl (C=O) groups is 2. The zero-order valence-corrected chi connectivity index (χ0v) is 13.9. The molecule has 2 amide bonds. The number of thioether (sulfide) groups is 1. The molecule has 0 aliphatic rings. The molecular formula is C18H20N2O2S. The Kier molecular flexibility index (Phi) is 6.23. The van der Waals surface area contributed by atoms with E-state index in [1.165, 1.54) is 11.8 Å². The number of anilines is 1. The number of aryl methyl sites for hydroxylation is 1. The van der Waals surface area contributed by atoms with E-state index in [9.17, 15) is 9.59 Å². The van der Waals surface area contributed by atoms with Crippen LogP contribution < -0.4 is 10.6 Å². The molecule has 0 spiro atoms. The zero-order chi connectivity index (χ0) is 16.7. The van der Waals surface area contributed by atoms with Crippen LogP contribution in [0.25, 0.3) is 0 Å².